The van der Waals surface area contributed by atoms with Crippen LogP contribution in [-0.4, -0.2) is 67.6 Å². The van der Waals surface area contributed by atoms with Gasteiger partial charge in [0.1, 0.15) is 5.76 Å². The van der Waals surface area contributed by atoms with Crippen LogP contribution in [0.5, 0.6) is 0 Å². The molecule has 44 heavy (non-hydrogen) atoms. The van der Waals surface area contributed by atoms with Crippen molar-refractivity contribution in [2.24, 2.45) is 11.7 Å². The van der Waals surface area contributed by atoms with E-state index in [0.717, 1.165) is 50.8 Å². The van der Waals surface area contributed by atoms with Crippen molar-refractivity contribution in [2.45, 2.75) is 105 Å². The van der Waals surface area contributed by atoms with Gasteiger partial charge in [0.25, 0.3) is 0 Å². The molecular weight excluding hydrogens is 548 g/mol. The van der Waals surface area contributed by atoms with Gasteiger partial charge in [0.15, 0.2) is 0 Å². The van der Waals surface area contributed by atoms with Gasteiger partial charge < -0.3 is 26.3 Å². The molecule has 1 aliphatic heterocycles. The quantitative estimate of drug-likeness (QED) is 0.0958. The second kappa shape index (κ2) is 19.6. The van der Waals surface area contributed by atoms with E-state index in [1.165, 1.54) is 34.9 Å². The molecule has 248 valence electrons. The molecule has 0 bridgehead atoms. The number of aliphatic hydroxyl groups is 1. The maximum atomic E-state index is 12.4. The van der Waals surface area contributed by atoms with E-state index in [-0.39, 0.29) is 12.5 Å². The summed E-state index contributed by atoms with van der Waals surface area (Å²) < 4.78 is 5.69. The summed E-state index contributed by atoms with van der Waals surface area (Å²) >= 11 is 0. The molecule has 1 aromatic rings. The van der Waals surface area contributed by atoms with Gasteiger partial charge in [0, 0.05) is 6.54 Å². The fraction of sp³-hybridized carbons (Fsp3) is 0.622. The number of carbonyl (C=O) groups is 1. The average molecular weight is 611 g/mol. The summed E-state index contributed by atoms with van der Waals surface area (Å²) in [6.07, 6.45) is 9.88. The molecule has 5 N–H and O–H groups in total. The van der Waals surface area contributed by atoms with Gasteiger partial charge in [-0.15, -0.1) is 0 Å². The Morgan fingerprint density at radius 3 is 2.30 bits per heavy atom. The van der Waals surface area contributed by atoms with Gasteiger partial charge >= 0.3 is 0 Å². The van der Waals surface area contributed by atoms with Crippen molar-refractivity contribution in [3.8, 4) is 0 Å². The van der Waals surface area contributed by atoms with Gasteiger partial charge in [-0.25, -0.2) is 0 Å². The highest BCUT2D eigenvalue weighted by Crippen LogP contribution is 2.38. The smallest absolute Gasteiger partial charge is 0.234 e. The first kappa shape index (κ1) is 39.3. The van der Waals surface area contributed by atoms with Crippen molar-refractivity contribution < 1.29 is 14.6 Å². The van der Waals surface area contributed by atoms with Crippen LogP contribution in [0, 0.1) is 18.3 Å². The second-order valence-corrected chi connectivity index (χ2v) is 12.7. The summed E-state index contributed by atoms with van der Waals surface area (Å²) in [6.45, 7) is 19.0. The van der Waals surface area contributed by atoms with Gasteiger partial charge in [-0.1, -0.05) is 64.8 Å². The summed E-state index contributed by atoms with van der Waals surface area (Å²) in [5, 5.41) is 21.3. The fourth-order valence-corrected chi connectivity index (χ4v) is 5.82. The molecule has 7 nitrogen and oxygen atoms in total. The lowest BCUT2D eigenvalue weighted by atomic mass is 9.80. The lowest BCUT2D eigenvalue weighted by Gasteiger charge is -2.32. The van der Waals surface area contributed by atoms with E-state index in [9.17, 15) is 9.90 Å². The number of nitrogens with zero attached hydrogens (tertiary/aromatic N) is 1. The van der Waals surface area contributed by atoms with Crippen LogP contribution in [0.15, 0.2) is 47.3 Å². The number of likely N-dealkylation sites (tertiary alicyclic amines) is 1. The molecule has 1 heterocycles. The van der Waals surface area contributed by atoms with Crippen molar-refractivity contribution in [1.29, 1.82) is 5.41 Å². The molecule has 1 amide bonds. The van der Waals surface area contributed by atoms with Crippen molar-refractivity contribution in [1.82, 2.24) is 10.2 Å². The molecule has 0 radical (unpaired) electrons. The van der Waals surface area contributed by atoms with Gasteiger partial charge in [0.2, 0.25) is 5.91 Å². The number of hydrogen-bond donors (Lipinski definition) is 4. The molecule has 1 fully saturated rings. The van der Waals surface area contributed by atoms with Gasteiger partial charge in [-0.05, 0) is 125 Å². The SMILES string of the molecule is C/C=C(\C=C(\OC)C(=N)CCC)C(/CCC)=C(/c1cc(C2CCN(CC(=O)NCC(C)(C)O)CC2)ccc1C)C(C)C.CN. The molecule has 1 saturated heterocycles. The molecule has 0 aromatic heterocycles. The number of piperidine rings is 1. The number of carbonyl (C=O) groups excluding carboxylic acids is 1. The first-order valence-electron chi connectivity index (χ1n) is 16.5. The lowest BCUT2D eigenvalue weighted by molar-refractivity contribution is -0.123. The molecule has 7 heteroatoms. The van der Waals surface area contributed by atoms with Crippen molar-refractivity contribution >= 4 is 17.2 Å². The van der Waals surface area contributed by atoms with Crippen LogP contribution in [0.1, 0.15) is 110 Å². The second-order valence-electron chi connectivity index (χ2n) is 12.7. The molecule has 0 unspecified atom stereocenters. The van der Waals surface area contributed by atoms with Crippen LogP contribution < -0.4 is 11.1 Å². The van der Waals surface area contributed by atoms with Crippen LogP contribution in [0.2, 0.25) is 0 Å². The Morgan fingerprint density at radius 1 is 1.18 bits per heavy atom. The Kier molecular flexibility index (Phi) is 17.5. The third-order valence-corrected chi connectivity index (χ3v) is 8.06. The number of hydrogen-bond acceptors (Lipinski definition) is 6. The zero-order valence-electron chi connectivity index (χ0n) is 29.4. The van der Waals surface area contributed by atoms with Crippen LogP contribution in [-0.2, 0) is 9.53 Å². The number of aryl methyl sites for hydroxylation is 1. The topological polar surface area (TPSA) is 112 Å². The van der Waals surface area contributed by atoms with E-state index < -0.39 is 5.60 Å². The Balaban J connectivity index is 0.00000474. The van der Waals surface area contributed by atoms with Crippen LogP contribution in [0.25, 0.3) is 5.57 Å². The fourth-order valence-electron chi connectivity index (χ4n) is 5.82. The summed E-state index contributed by atoms with van der Waals surface area (Å²) in [5.41, 5.74) is 12.0. The first-order chi connectivity index (χ1) is 20.8. The third kappa shape index (κ3) is 12.3. The van der Waals surface area contributed by atoms with Crippen LogP contribution in [0.4, 0.5) is 0 Å². The van der Waals surface area contributed by atoms with E-state index in [1.54, 1.807) is 21.0 Å². The number of ether oxygens (including phenoxy) is 1. The van der Waals surface area contributed by atoms with Crippen LogP contribution >= 0.6 is 0 Å². The highest BCUT2D eigenvalue weighted by Gasteiger charge is 2.25. The minimum atomic E-state index is -0.903. The molecule has 0 spiro atoms. The van der Waals surface area contributed by atoms with E-state index >= 15 is 0 Å². The first-order valence-corrected chi connectivity index (χ1v) is 16.5. The Hall–Kier alpha value is -2.74. The van der Waals surface area contributed by atoms with E-state index in [2.05, 4.69) is 87.8 Å². The Bertz CT molecular complexity index is 1150. The highest BCUT2D eigenvalue weighted by atomic mass is 16.5. The van der Waals surface area contributed by atoms with Crippen LogP contribution in [0.3, 0.4) is 0 Å². The zero-order chi connectivity index (χ0) is 33.4. The van der Waals surface area contributed by atoms with E-state index in [1.807, 2.05) is 0 Å². The third-order valence-electron chi connectivity index (χ3n) is 8.06. The summed E-state index contributed by atoms with van der Waals surface area (Å²) in [4.78, 5) is 14.6. The van der Waals surface area contributed by atoms with Crippen molar-refractivity contribution in [3.05, 3.63) is 63.9 Å². The molecule has 2 rings (SSSR count). The normalized spacial score (nSPS) is 15.8. The predicted octanol–water partition coefficient (Wildman–Crippen LogP) is 7.14. The minimum Gasteiger partial charge on any atom is -0.495 e. The summed E-state index contributed by atoms with van der Waals surface area (Å²) in [5.74, 6) is 1.40. The molecular formula is C37H62N4O3. The van der Waals surface area contributed by atoms with Gasteiger partial charge in [0.05, 0.1) is 25.0 Å². The average Bonchev–Trinajstić information content (AvgIpc) is 2.98. The number of methoxy groups -OCH3 is 1. The summed E-state index contributed by atoms with van der Waals surface area (Å²) in [7, 11) is 3.16. The Labute approximate surface area is 268 Å². The van der Waals surface area contributed by atoms with Gasteiger partial charge in [-0.2, -0.15) is 0 Å². The monoisotopic (exact) mass is 610 g/mol. The Morgan fingerprint density at radius 2 is 1.80 bits per heavy atom. The number of nitrogens with one attached hydrogen (secondary N) is 2. The molecule has 0 saturated carbocycles. The highest BCUT2D eigenvalue weighted by molar-refractivity contribution is 5.96. The lowest BCUT2D eigenvalue weighted by Crippen LogP contribution is -2.45. The number of rotatable bonds is 15. The largest absolute Gasteiger partial charge is 0.495 e. The number of benzene rings is 1. The minimum absolute atomic E-state index is 0.0290. The van der Waals surface area contributed by atoms with Crippen molar-refractivity contribution in [2.75, 3.05) is 40.3 Å². The maximum absolute atomic E-state index is 12.4. The standard InChI is InChI=1S/C36H57N3O3.CH5N/c1-10-13-30(27(12-3)22-33(42-9)32(37)14-11-2)35(25(4)5)31-21-29(16-15-26(31)6)28-17-19-39(20-18-28)23-34(40)38-24-36(7,8)41;1-2/h12,15-16,21-22,25,28,37,41H,10-11,13-14,17-20,23-24H2,1-9H3,(H,38,40);2H2,1H3/b27-12+,33-22+,35-30+,37-32?;. The molecule has 0 atom stereocenters. The van der Waals surface area contributed by atoms with Gasteiger partial charge in [-0.3, -0.25) is 9.69 Å². The van der Waals surface area contributed by atoms with E-state index in [0.29, 0.717) is 36.3 Å². The number of nitrogens with two attached hydrogens (primary N) is 1. The molecule has 1 aliphatic rings. The molecule has 0 aliphatic carbocycles. The zero-order valence-corrected chi connectivity index (χ0v) is 29.4. The number of allylic oxidation sites excluding steroid dienone is 6. The summed E-state index contributed by atoms with van der Waals surface area (Å²) in [6, 6.07) is 6.98. The number of amides is 1. The van der Waals surface area contributed by atoms with E-state index in [4.69, 9.17) is 10.1 Å². The maximum Gasteiger partial charge on any atom is 0.234 e. The molecule has 1 aromatic carbocycles. The van der Waals surface area contributed by atoms with Crippen molar-refractivity contribution in [3.63, 3.8) is 0 Å². The predicted molar refractivity (Wildman–Crippen MR) is 187 cm³/mol.